The maximum Gasteiger partial charge on any atom is 0.160 e. The van der Waals surface area contributed by atoms with Gasteiger partial charge in [0.25, 0.3) is 0 Å². The highest BCUT2D eigenvalue weighted by molar-refractivity contribution is 6.05. The van der Waals surface area contributed by atoms with E-state index in [9.17, 15) is 15.2 Å². The molecule has 0 amide bonds. The van der Waals surface area contributed by atoms with Crippen LogP contribution in [-0.4, -0.2) is 32.5 Å². The maximum atomic E-state index is 11.2. The fourth-order valence-corrected chi connectivity index (χ4v) is 3.07. The SMILES string of the molecule is Cc1ccc(-c2c(/C=C(\C#N)C=O)n(CCCO)c3ncnc(N)c23)cc1. The number of fused-ring (bicyclic) bond motifs is 1. The number of benzene rings is 1. The molecule has 0 unspecified atom stereocenters. The number of allylic oxidation sites excluding steroid dienone is 1. The molecule has 1 aromatic carbocycles. The van der Waals surface area contributed by atoms with Gasteiger partial charge in [0.05, 0.1) is 16.7 Å². The van der Waals surface area contributed by atoms with E-state index in [0.717, 1.165) is 16.7 Å². The van der Waals surface area contributed by atoms with Gasteiger partial charge in [-0.1, -0.05) is 29.8 Å². The van der Waals surface area contributed by atoms with Crippen molar-refractivity contribution in [3.8, 4) is 17.2 Å². The number of aldehydes is 1. The zero-order valence-corrected chi connectivity index (χ0v) is 14.9. The molecule has 3 aromatic rings. The second-order valence-electron chi connectivity index (χ2n) is 6.14. The molecule has 0 bridgehead atoms. The minimum atomic E-state index is -0.0112. The Balaban J connectivity index is 2.43. The summed E-state index contributed by atoms with van der Waals surface area (Å²) in [6.07, 6.45) is 3.91. The van der Waals surface area contributed by atoms with Crippen molar-refractivity contribution in [2.75, 3.05) is 12.3 Å². The van der Waals surface area contributed by atoms with Crippen molar-refractivity contribution in [2.24, 2.45) is 0 Å². The number of nitrogen functional groups attached to an aromatic ring is 1. The van der Waals surface area contributed by atoms with Crippen LogP contribution in [0.1, 0.15) is 17.7 Å². The first-order valence-corrected chi connectivity index (χ1v) is 8.48. The molecule has 0 aliphatic heterocycles. The number of nitriles is 1. The van der Waals surface area contributed by atoms with Crippen LogP contribution in [0.2, 0.25) is 0 Å². The van der Waals surface area contributed by atoms with E-state index >= 15 is 0 Å². The Labute approximate surface area is 156 Å². The van der Waals surface area contributed by atoms with Gasteiger partial charge in [-0.15, -0.1) is 0 Å². The fourth-order valence-electron chi connectivity index (χ4n) is 3.07. The quantitative estimate of drug-likeness (QED) is 0.396. The standard InChI is InChI=1S/C20H19N5O2/c1-13-3-5-15(6-4-13)17-16(9-14(10-21)11-27)25(7-2-8-26)20-18(17)19(22)23-12-24-20/h3-6,9,11-12,26H,2,7-8H2,1H3,(H2,22,23,24)/b14-9+. The number of aromatic nitrogens is 3. The molecule has 136 valence electrons. The molecule has 2 aromatic heterocycles. The molecule has 3 rings (SSSR count). The summed E-state index contributed by atoms with van der Waals surface area (Å²) in [7, 11) is 0. The van der Waals surface area contributed by atoms with Crippen molar-refractivity contribution in [2.45, 2.75) is 19.9 Å². The van der Waals surface area contributed by atoms with E-state index in [4.69, 9.17) is 5.73 Å². The molecule has 7 nitrogen and oxygen atoms in total. The summed E-state index contributed by atoms with van der Waals surface area (Å²) < 4.78 is 1.86. The first-order valence-electron chi connectivity index (χ1n) is 8.48. The minimum Gasteiger partial charge on any atom is -0.396 e. The molecule has 3 N–H and O–H groups in total. The number of carbonyl (C=O) groups is 1. The number of hydrogen-bond donors (Lipinski definition) is 2. The Hall–Kier alpha value is -3.50. The molecule has 0 aliphatic rings. The van der Waals surface area contributed by atoms with Gasteiger partial charge in [-0.05, 0) is 25.0 Å². The van der Waals surface area contributed by atoms with E-state index in [1.807, 2.05) is 41.8 Å². The summed E-state index contributed by atoms with van der Waals surface area (Å²) in [5.41, 5.74) is 10.1. The Bertz CT molecular complexity index is 1060. The van der Waals surface area contributed by atoms with Gasteiger partial charge in [0, 0.05) is 18.7 Å². The fraction of sp³-hybridized carbons (Fsp3) is 0.200. The maximum absolute atomic E-state index is 11.2. The molecule has 0 saturated carbocycles. The zero-order valence-electron chi connectivity index (χ0n) is 14.9. The number of aryl methyl sites for hydroxylation is 2. The van der Waals surface area contributed by atoms with Crippen LogP contribution < -0.4 is 5.73 Å². The first kappa shape index (κ1) is 18.3. The largest absolute Gasteiger partial charge is 0.396 e. The van der Waals surface area contributed by atoms with Gasteiger partial charge in [0.15, 0.2) is 6.29 Å². The van der Waals surface area contributed by atoms with Gasteiger partial charge in [0.1, 0.15) is 23.9 Å². The molecule has 0 fully saturated rings. The van der Waals surface area contributed by atoms with Crippen molar-refractivity contribution < 1.29 is 9.90 Å². The lowest BCUT2D eigenvalue weighted by Crippen LogP contribution is -2.04. The van der Waals surface area contributed by atoms with Crippen LogP contribution in [0.3, 0.4) is 0 Å². The lowest BCUT2D eigenvalue weighted by Gasteiger charge is -2.08. The summed E-state index contributed by atoms with van der Waals surface area (Å²) in [5.74, 6) is 0.317. The highest BCUT2D eigenvalue weighted by atomic mass is 16.3. The van der Waals surface area contributed by atoms with E-state index in [1.165, 1.54) is 12.4 Å². The topological polar surface area (TPSA) is 118 Å². The third-order valence-corrected chi connectivity index (χ3v) is 4.34. The van der Waals surface area contributed by atoms with Crippen LogP contribution in [0.5, 0.6) is 0 Å². The van der Waals surface area contributed by atoms with Crippen molar-refractivity contribution >= 4 is 29.2 Å². The van der Waals surface area contributed by atoms with Crippen molar-refractivity contribution in [3.05, 3.63) is 47.4 Å². The van der Waals surface area contributed by atoms with Gasteiger partial charge in [-0.2, -0.15) is 5.26 Å². The van der Waals surface area contributed by atoms with Gasteiger partial charge in [-0.3, -0.25) is 4.79 Å². The highest BCUT2D eigenvalue weighted by Crippen LogP contribution is 2.38. The van der Waals surface area contributed by atoms with E-state index < -0.39 is 0 Å². The summed E-state index contributed by atoms with van der Waals surface area (Å²) in [6.45, 7) is 2.45. The molecule has 0 radical (unpaired) electrons. The number of nitrogens with two attached hydrogens (primary N) is 1. The zero-order chi connectivity index (χ0) is 19.4. The van der Waals surface area contributed by atoms with Gasteiger partial charge in [-0.25, -0.2) is 9.97 Å². The number of nitrogens with zero attached hydrogens (tertiary/aromatic N) is 4. The molecular formula is C20H19N5O2. The second kappa shape index (κ2) is 7.81. The molecule has 2 heterocycles. The van der Waals surface area contributed by atoms with Crippen molar-refractivity contribution in [1.29, 1.82) is 5.26 Å². The molecule has 0 spiro atoms. The van der Waals surface area contributed by atoms with Crippen molar-refractivity contribution in [3.63, 3.8) is 0 Å². The minimum absolute atomic E-state index is 0.00203. The molecule has 0 saturated heterocycles. The van der Waals surface area contributed by atoms with Crippen molar-refractivity contribution in [1.82, 2.24) is 14.5 Å². The predicted octanol–water partition coefficient (Wildman–Crippen LogP) is 2.48. The average molecular weight is 361 g/mol. The van der Waals surface area contributed by atoms with Crippen LogP contribution >= 0.6 is 0 Å². The van der Waals surface area contributed by atoms with Crippen LogP contribution in [0.4, 0.5) is 5.82 Å². The Morgan fingerprint density at radius 2 is 2.07 bits per heavy atom. The number of rotatable bonds is 6. The Morgan fingerprint density at radius 1 is 1.33 bits per heavy atom. The lowest BCUT2D eigenvalue weighted by atomic mass is 10.0. The molecule has 7 heteroatoms. The number of aliphatic hydroxyl groups excluding tert-OH is 1. The Kier molecular flexibility index (Phi) is 5.29. The van der Waals surface area contributed by atoms with Crippen LogP contribution in [-0.2, 0) is 11.3 Å². The van der Waals surface area contributed by atoms with Crippen LogP contribution in [0.15, 0.2) is 36.2 Å². The molecular weight excluding hydrogens is 342 g/mol. The van der Waals surface area contributed by atoms with Crippen LogP contribution in [0.25, 0.3) is 28.2 Å². The molecule has 0 aliphatic carbocycles. The normalized spacial score (nSPS) is 11.5. The van der Waals surface area contributed by atoms with Crippen LogP contribution in [0, 0.1) is 18.3 Å². The van der Waals surface area contributed by atoms with Gasteiger partial charge in [0.2, 0.25) is 0 Å². The summed E-state index contributed by atoms with van der Waals surface area (Å²) in [5, 5.41) is 19.2. The van der Waals surface area contributed by atoms with Gasteiger partial charge < -0.3 is 15.4 Å². The predicted molar refractivity (Wildman–Crippen MR) is 103 cm³/mol. The van der Waals surface area contributed by atoms with E-state index in [0.29, 0.717) is 41.8 Å². The summed E-state index contributed by atoms with van der Waals surface area (Å²) in [4.78, 5) is 19.7. The van der Waals surface area contributed by atoms with Gasteiger partial charge >= 0.3 is 0 Å². The summed E-state index contributed by atoms with van der Waals surface area (Å²) in [6, 6.07) is 9.76. The average Bonchev–Trinajstić information content (AvgIpc) is 2.99. The number of carbonyl (C=O) groups excluding carboxylic acids is 1. The number of aliphatic hydroxyl groups is 1. The number of hydrogen-bond acceptors (Lipinski definition) is 6. The lowest BCUT2D eigenvalue weighted by molar-refractivity contribution is -0.104. The number of anilines is 1. The Morgan fingerprint density at radius 3 is 2.70 bits per heavy atom. The van der Waals surface area contributed by atoms with E-state index in [-0.39, 0.29) is 12.2 Å². The van der Waals surface area contributed by atoms with E-state index in [1.54, 1.807) is 0 Å². The second-order valence-corrected chi connectivity index (χ2v) is 6.14. The third kappa shape index (κ3) is 3.43. The smallest absolute Gasteiger partial charge is 0.160 e. The molecule has 0 atom stereocenters. The highest BCUT2D eigenvalue weighted by Gasteiger charge is 2.21. The first-order chi connectivity index (χ1) is 13.1. The summed E-state index contributed by atoms with van der Waals surface area (Å²) >= 11 is 0. The molecule has 27 heavy (non-hydrogen) atoms. The van der Waals surface area contributed by atoms with E-state index in [2.05, 4.69) is 9.97 Å². The third-order valence-electron chi connectivity index (χ3n) is 4.34. The monoisotopic (exact) mass is 361 g/mol.